The maximum atomic E-state index is 11.9. The fourth-order valence-corrected chi connectivity index (χ4v) is 3.53. The molecule has 26 heavy (non-hydrogen) atoms. The topological polar surface area (TPSA) is 79.3 Å². The lowest BCUT2D eigenvalue weighted by Gasteiger charge is -2.19. The van der Waals surface area contributed by atoms with Crippen LogP contribution in [0.15, 0.2) is 24.3 Å². The number of amides is 1. The Morgan fingerprint density at radius 3 is 2.38 bits per heavy atom. The van der Waals surface area contributed by atoms with Crippen LogP contribution in [-0.4, -0.2) is 22.0 Å². The van der Waals surface area contributed by atoms with Crippen molar-refractivity contribution in [1.29, 1.82) is 0 Å². The number of nitrogens with zero attached hydrogens (tertiary/aromatic N) is 1. The van der Waals surface area contributed by atoms with E-state index >= 15 is 0 Å². The summed E-state index contributed by atoms with van der Waals surface area (Å²) in [6.07, 6.45) is 2.10. The Morgan fingerprint density at radius 2 is 1.85 bits per heavy atom. The van der Waals surface area contributed by atoms with E-state index in [0.29, 0.717) is 22.1 Å². The van der Waals surface area contributed by atoms with Crippen LogP contribution in [0.1, 0.15) is 57.4 Å². The van der Waals surface area contributed by atoms with Gasteiger partial charge in [-0.25, -0.2) is 4.98 Å². The molecule has 0 aliphatic carbocycles. The summed E-state index contributed by atoms with van der Waals surface area (Å²) in [5.74, 6) is -0.998. The van der Waals surface area contributed by atoms with Gasteiger partial charge in [0.1, 0.15) is 0 Å². The third kappa shape index (κ3) is 5.39. The SMILES string of the molecule is CCCCC(=O)Nc1nc(-c2ccc(C(C)(C)C)cc2)c(CC(=O)O)s1. The van der Waals surface area contributed by atoms with Gasteiger partial charge in [0.05, 0.1) is 12.1 Å². The van der Waals surface area contributed by atoms with Crippen LogP contribution >= 0.6 is 11.3 Å². The molecular formula is C20H26N2O3S. The van der Waals surface area contributed by atoms with Crippen molar-refractivity contribution in [3.63, 3.8) is 0 Å². The molecule has 140 valence electrons. The van der Waals surface area contributed by atoms with Gasteiger partial charge in [-0.3, -0.25) is 9.59 Å². The number of carboxylic acid groups (broad SMARTS) is 1. The molecule has 0 aliphatic heterocycles. The Kier molecular flexibility index (Phi) is 6.53. The lowest BCUT2D eigenvalue weighted by atomic mass is 9.86. The molecule has 1 aromatic carbocycles. The van der Waals surface area contributed by atoms with E-state index in [1.165, 1.54) is 16.9 Å². The minimum Gasteiger partial charge on any atom is -0.481 e. The number of carboxylic acids is 1. The van der Waals surface area contributed by atoms with Crippen molar-refractivity contribution in [1.82, 2.24) is 4.98 Å². The predicted molar refractivity (Wildman–Crippen MR) is 106 cm³/mol. The van der Waals surface area contributed by atoms with Gasteiger partial charge in [0, 0.05) is 16.9 Å². The minimum absolute atomic E-state index is 0.0446. The number of nitrogens with one attached hydrogen (secondary N) is 1. The van der Waals surface area contributed by atoms with Gasteiger partial charge in [-0.15, -0.1) is 11.3 Å². The maximum absolute atomic E-state index is 11.9. The lowest BCUT2D eigenvalue weighted by Crippen LogP contribution is -2.10. The van der Waals surface area contributed by atoms with E-state index < -0.39 is 5.97 Å². The maximum Gasteiger partial charge on any atom is 0.308 e. The van der Waals surface area contributed by atoms with Gasteiger partial charge < -0.3 is 10.4 Å². The Bertz CT molecular complexity index is 773. The minimum atomic E-state index is -0.912. The quantitative estimate of drug-likeness (QED) is 0.725. The molecule has 0 radical (unpaired) electrons. The Hall–Kier alpha value is -2.21. The van der Waals surface area contributed by atoms with Crippen LogP contribution in [0.4, 0.5) is 5.13 Å². The number of unbranched alkanes of at least 4 members (excludes halogenated alkanes) is 1. The van der Waals surface area contributed by atoms with Gasteiger partial charge in [-0.1, -0.05) is 58.4 Å². The van der Waals surface area contributed by atoms with Gasteiger partial charge >= 0.3 is 5.97 Å². The summed E-state index contributed by atoms with van der Waals surface area (Å²) in [5, 5.41) is 12.4. The smallest absolute Gasteiger partial charge is 0.308 e. The molecule has 0 aliphatic rings. The van der Waals surface area contributed by atoms with Crippen molar-refractivity contribution in [2.45, 2.75) is 58.8 Å². The van der Waals surface area contributed by atoms with Crippen molar-refractivity contribution >= 4 is 28.3 Å². The molecule has 0 fully saturated rings. The molecule has 2 N–H and O–H groups in total. The molecule has 0 bridgehead atoms. The largest absolute Gasteiger partial charge is 0.481 e. The number of thiazole rings is 1. The number of anilines is 1. The fourth-order valence-electron chi connectivity index (χ4n) is 2.54. The van der Waals surface area contributed by atoms with Crippen molar-refractivity contribution in [3.05, 3.63) is 34.7 Å². The number of hydrogen-bond donors (Lipinski definition) is 2. The second-order valence-corrected chi connectivity index (χ2v) is 8.42. The van der Waals surface area contributed by atoms with Gasteiger partial charge in [0.25, 0.3) is 0 Å². The zero-order valence-electron chi connectivity index (χ0n) is 15.8. The van der Waals surface area contributed by atoms with Gasteiger partial charge in [0.15, 0.2) is 5.13 Å². The highest BCUT2D eigenvalue weighted by atomic mass is 32.1. The highest BCUT2D eigenvalue weighted by Gasteiger charge is 2.18. The van der Waals surface area contributed by atoms with E-state index in [9.17, 15) is 14.7 Å². The first-order chi connectivity index (χ1) is 12.2. The predicted octanol–water partition coefficient (Wildman–Crippen LogP) is 4.86. The molecule has 0 spiro atoms. The average Bonchev–Trinajstić information content (AvgIpc) is 2.93. The molecule has 1 aromatic heterocycles. The normalized spacial score (nSPS) is 11.4. The van der Waals surface area contributed by atoms with E-state index in [1.54, 1.807) is 0 Å². The summed E-state index contributed by atoms with van der Waals surface area (Å²) in [5.41, 5.74) is 2.73. The highest BCUT2D eigenvalue weighted by molar-refractivity contribution is 7.16. The number of carbonyl (C=O) groups is 2. The molecule has 0 unspecified atom stereocenters. The van der Waals surface area contributed by atoms with E-state index in [2.05, 4.69) is 31.1 Å². The number of hydrogen-bond acceptors (Lipinski definition) is 4. The second-order valence-electron chi connectivity index (χ2n) is 7.34. The molecule has 2 aromatic rings. The van der Waals surface area contributed by atoms with Crippen LogP contribution in [0.2, 0.25) is 0 Å². The Morgan fingerprint density at radius 1 is 1.19 bits per heavy atom. The van der Waals surface area contributed by atoms with E-state index in [-0.39, 0.29) is 17.7 Å². The van der Waals surface area contributed by atoms with Crippen LogP contribution in [0, 0.1) is 0 Å². The third-order valence-corrected chi connectivity index (χ3v) is 5.01. The summed E-state index contributed by atoms with van der Waals surface area (Å²) in [6, 6.07) is 8.00. The fraction of sp³-hybridized carbons (Fsp3) is 0.450. The van der Waals surface area contributed by atoms with E-state index in [0.717, 1.165) is 18.4 Å². The molecular weight excluding hydrogens is 348 g/mol. The zero-order valence-corrected chi connectivity index (χ0v) is 16.6. The monoisotopic (exact) mass is 374 g/mol. The molecule has 0 atom stereocenters. The Balaban J connectivity index is 2.30. The first-order valence-electron chi connectivity index (χ1n) is 8.83. The van der Waals surface area contributed by atoms with Crippen molar-refractivity contribution < 1.29 is 14.7 Å². The second kappa shape index (κ2) is 8.45. The number of benzene rings is 1. The number of aliphatic carboxylic acids is 1. The molecule has 5 nitrogen and oxygen atoms in total. The number of carbonyl (C=O) groups excluding carboxylic acids is 1. The van der Waals surface area contributed by atoms with Gasteiger partial charge in [-0.2, -0.15) is 0 Å². The summed E-state index contributed by atoms with van der Waals surface area (Å²) in [4.78, 5) is 28.3. The van der Waals surface area contributed by atoms with E-state index in [4.69, 9.17) is 0 Å². The average molecular weight is 375 g/mol. The van der Waals surface area contributed by atoms with Gasteiger partial charge in [-0.05, 0) is 17.4 Å². The van der Waals surface area contributed by atoms with Crippen molar-refractivity contribution in [3.8, 4) is 11.3 Å². The summed E-state index contributed by atoms with van der Waals surface area (Å²) in [6.45, 7) is 8.46. The number of rotatable bonds is 7. The molecule has 2 rings (SSSR count). The van der Waals surface area contributed by atoms with Crippen molar-refractivity contribution in [2.75, 3.05) is 5.32 Å². The van der Waals surface area contributed by atoms with Crippen LogP contribution in [0.5, 0.6) is 0 Å². The highest BCUT2D eigenvalue weighted by Crippen LogP contribution is 2.33. The molecule has 6 heteroatoms. The first kappa shape index (κ1) is 20.1. The molecule has 1 heterocycles. The van der Waals surface area contributed by atoms with Gasteiger partial charge in [0.2, 0.25) is 5.91 Å². The summed E-state index contributed by atoms with van der Waals surface area (Å²) >= 11 is 1.23. The van der Waals surface area contributed by atoms with Crippen LogP contribution in [0.3, 0.4) is 0 Å². The van der Waals surface area contributed by atoms with Crippen LogP contribution in [-0.2, 0) is 21.4 Å². The summed E-state index contributed by atoms with van der Waals surface area (Å²) in [7, 11) is 0. The van der Waals surface area contributed by atoms with E-state index in [1.807, 2.05) is 31.2 Å². The lowest BCUT2D eigenvalue weighted by molar-refractivity contribution is -0.136. The van der Waals surface area contributed by atoms with Crippen LogP contribution in [0.25, 0.3) is 11.3 Å². The zero-order chi connectivity index (χ0) is 19.3. The third-order valence-electron chi connectivity index (χ3n) is 4.04. The molecule has 1 amide bonds. The Labute approximate surface area is 158 Å². The summed E-state index contributed by atoms with van der Waals surface area (Å²) < 4.78 is 0. The standard InChI is InChI=1S/C20H26N2O3S/c1-5-6-7-16(23)21-19-22-18(15(26-19)12-17(24)25)13-8-10-14(11-9-13)20(2,3)4/h8-11H,5-7,12H2,1-4H3,(H,24,25)(H,21,22,23). The van der Waals surface area contributed by atoms with Crippen LogP contribution < -0.4 is 5.32 Å². The number of aromatic nitrogens is 1. The molecule has 0 saturated carbocycles. The first-order valence-corrected chi connectivity index (χ1v) is 9.64. The molecule has 0 saturated heterocycles. The van der Waals surface area contributed by atoms with Crippen molar-refractivity contribution in [2.24, 2.45) is 0 Å².